The standard InChI is InChI=1S/C28H34N2O5S/c1-4-5-15-22-16-12-19-24(25(22)31)36(33,34)30-28(35-26(29)32,20-21-13-8-6-9-14-21)27(2,3)23-17-10-7-11-18-23/h6-14,16-19,30-31H,4-5,15,20H2,1-3H3,(H2,29,32)/t28-/m0/s1. The third-order valence-electron chi connectivity index (χ3n) is 6.55. The summed E-state index contributed by atoms with van der Waals surface area (Å²) in [6.45, 7) is 5.59. The Balaban J connectivity index is 2.20. The van der Waals surface area contributed by atoms with Crippen LogP contribution in [0.5, 0.6) is 5.75 Å². The van der Waals surface area contributed by atoms with Gasteiger partial charge in [0.15, 0.2) is 5.72 Å². The Morgan fingerprint density at radius 2 is 1.58 bits per heavy atom. The second-order valence-corrected chi connectivity index (χ2v) is 11.0. The number of sulfonamides is 1. The van der Waals surface area contributed by atoms with Gasteiger partial charge < -0.3 is 15.6 Å². The maximum absolute atomic E-state index is 13.8. The highest BCUT2D eigenvalue weighted by Crippen LogP contribution is 2.40. The number of phenols is 1. The number of rotatable bonds is 11. The predicted molar refractivity (Wildman–Crippen MR) is 140 cm³/mol. The van der Waals surface area contributed by atoms with Crippen molar-refractivity contribution in [2.24, 2.45) is 5.73 Å². The highest BCUT2D eigenvalue weighted by Gasteiger charge is 2.52. The van der Waals surface area contributed by atoms with Gasteiger partial charge in [-0.15, -0.1) is 0 Å². The van der Waals surface area contributed by atoms with Gasteiger partial charge >= 0.3 is 6.09 Å². The van der Waals surface area contributed by atoms with Crippen LogP contribution in [0.15, 0.2) is 83.8 Å². The number of nitrogens with one attached hydrogen (secondary N) is 1. The van der Waals surface area contributed by atoms with Crippen molar-refractivity contribution >= 4 is 16.1 Å². The lowest BCUT2D eigenvalue weighted by molar-refractivity contribution is -0.0465. The van der Waals surface area contributed by atoms with E-state index in [0.717, 1.165) is 24.0 Å². The molecule has 0 aliphatic carbocycles. The summed E-state index contributed by atoms with van der Waals surface area (Å²) in [4.78, 5) is 12.0. The Morgan fingerprint density at radius 1 is 0.972 bits per heavy atom. The van der Waals surface area contributed by atoms with Gasteiger partial charge in [0.25, 0.3) is 0 Å². The van der Waals surface area contributed by atoms with Crippen LogP contribution < -0.4 is 10.5 Å². The molecule has 0 spiro atoms. The van der Waals surface area contributed by atoms with Gasteiger partial charge in [0.1, 0.15) is 10.6 Å². The minimum absolute atomic E-state index is 0.00576. The molecule has 3 aromatic carbocycles. The topological polar surface area (TPSA) is 119 Å². The van der Waals surface area contributed by atoms with Crippen LogP contribution in [0, 0.1) is 0 Å². The van der Waals surface area contributed by atoms with Crippen LogP contribution in [0.3, 0.4) is 0 Å². The normalized spacial score (nSPS) is 13.6. The zero-order valence-corrected chi connectivity index (χ0v) is 21.7. The lowest BCUT2D eigenvalue weighted by atomic mass is 9.72. The molecule has 0 aliphatic heterocycles. The number of hydrogen-bond donors (Lipinski definition) is 3. The fraction of sp³-hybridized carbons (Fsp3) is 0.321. The first kappa shape index (κ1) is 27.2. The van der Waals surface area contributed by atoms with E-state index >= 15 is 0 Å². The second kappa shape index (κ2) is 11.1. The number of primary amides is 1. The smallest absolute Gasteiger partial charge is 0.406 e. The Kier molecular flexibility index (Phi) is 8.43. The molecule has 0 saturated carbocycles. The van der Waals surface area contributed by atoms with Crippen LogP contribution in [-0.4, -0.2) is 25.3 Å². The molecule has 8 heteroatoms. The lowest BCUT2D eigenvalue weighted by Gasteiger charge is -2.46. The number of phenolic OH excluding ortho intramolecular Hbond substituents is 1. The highest BCUT2D eigenvalue weighted by atomic mass is 32.2. The van der Waals surface area contributed by atoms with Crippen LogP contribution in [-0.2, 0) is 33.0 Å². The summed E-state index contributed by atoms with van der Waals surface area (Å²) < 4.78 is 36.1. The van der Waals surface area contributed by atoms with Crippen molar-refractivity contribution in [3.63, 3.8) is 0 Å². The van der Waals surface area contributed by atoms with Gasteiger partial charge in [-0.2, -0.15) is 4.72 Å². The summed E-state index contributed by atoms with van der Waals surface area (Å²) in [6, 6.07) is 22.9. The number of amides is 1. The molecule has 3 rings (SSSR count). The van der Waals surface area contributed by atoms with Crippen LogP contribution in [0.2, 0.25) is 0 Å². The molecule has 7 nitrogen and oxygen atoms in total. The predicted octanol–water partition coefficient (Wildman–Crippen LogP) is 5.03. The van der Waals surface area contributed by atoms with Gasteiger partial charge in [0, 0.05) is 11.8 Å². The largest absolute Gasteiger partial charge is 0.506 e. The van der Waals surface area contributed by atoms with Crippen molar-refractivity contribution in [3.05, 3.63) is 95.6 Å². The van der Waals surface area contributed by atoms with Crippen molar-refractivity contribution in [2.45, 2.75) is 62.5 Å². The van der Waals surface area contributed by atoms with Gasteiger partial charge in [-0.3, -0.25) is 0 Å². The molecule has 0 saturated heterocycles. The molecule has 4 N–H and O–H groups in total. The van der Waals surface area contributed by atoms with Crippen molar-refractivity contribution in [2.75, 3.05) is 0 Å². The average molecular weight is 511 g/mol. The van der Waals surface area contributed by atoms with Crippen molar-refractivity contribution in [3.8, 4) is 5.75 Å². The average Bonchev–Trinajstić information content (AvgIpc) is 2.83. The zero-order chi connectivity index (χ0) is 26.4. The van der Waals surface area contributed by atoms with Crippen molar-refractivity contribution in [1.82, 2.24) is 4.72 Å². The molecule has 3 aromatic rings. The van der Waals surface area contributed by atoms with Gasteiger partial charge in [-0.1, -0.05) is 100.0 Å². The molecular weight excluding hydrogens is 476 g/mol. The summed E-state index contributed by atoms with van der Waals surface area (Å²) in [5, 5.41) is 10.9. The number of aryl methyl sites for hydroxylation is 1. The fourth-order valence-electron chi connectivity index (χ4n) is 4.34. The number of hydrogen-bond acceptors (Lipinski definition) is 5. The minimum atomic E-state index is -4.39. The second-order valence-electron chi connectivity index (χ2n) is 9.37. The van der Waals surface area contributed by atoms with Gasteiger partial charge in [0.2, 0.25) is 10.0 Å². The monoisotopic (exact) mass is 510 g/mol. The number of ether oxygens (including phenoxy) is 1. The zero-order valence-electron chi connectivity index (χ0n) is 20.9. The number of unbranched alkanes of at least 4 members (excludes halogenated alkanes) is 1. The van der Waals surface area contributed by atoms with E-state index in [-0.39, 0.29) is 17.1 Å². The fourth-order valence-corrected chi connectivity index (χ4v) is 5.89. The molecule has 0 bridgehead atoms. The third kappa shape index (κ3) is 5.88. The molecule has 0 fully saturated rings. The Labute approximate surface area is 213 Å². The molecule has 0 unspecified atom stereocenters. The summed E-state index contributed by atoms with van der Waals surface area (Å²) in [5.74, 6) is -0.316. The van der Waals surface area contributed by atoms with E-state index in [1.807, 2.05) is 67.6 Å². The maximum atomic E-state index is 13.8. The van der Waals surface area contributed by atoms with Crippen LogP contribution in [0.25, 0.3) is 0 Å². The summed E-state index contributed by atoms with van der Waals surface area (Å²) in [6.07, 6.45) is 1.10. The van der Waals surface area contributed by atoms with E-state index in [9.17, 15) is 18.3 Å². The van der Waals surface area contributed by atoms with E-state index in [1.54, 1.807) is 26.0 Å². The molecule has 0 radical (unpaired) electrons. The van der Waals surface area contributed by atoms with Crippen molar-refractivity contribution < 1.29 is 23.1 Å². The minimum Gasteiger partial charge on any atom is -0.506 e. The van der Waals surface area contributed by atoms with E-state index < -0.39 is 27.3 Å². The molecule has 36 heavy (non-hydrogen) atoms. The molecule has 0 heterocycles. The van der Waals surface area contributed by atoms with Crippen molar-refractivity contribution in [1.29, 1.82) is 0 Å². The number of para-hydroxylation sites is 1. The van der Waals surface area contributed by atoms with Gasteiger partial charge in [-0.05, 0) is 35.6 Å². The Hall–Kier alpha value is -3.36. The first-order chi connectivity index (χ1) is 17.0. The number of carbonyl (C=O) groups excluding carboxylic acids is 1. The molecule has 1 amide bonds. The molecule has 0 aliphatic rings. The van der Waals surface area contributed by atoms with Crippen LogP contribution >= 0.6 is 0 Å². The quantitative estimate of drug-likeness (QED) is 0.313. The van der Waals surface area contributed by atoms with Gasteiger partial charge in [-0.25, -0.2) is 13.2 Å². The number of aromatic hydroxyl groups is 1. The maximum Gasteiger partial charge on any atom is 0.406 e. The molecule has 192 valence electrons. The van der Waals surface area contributed by atoms with E-state index in [2.05, 4.69) is 4.72 Å². The first-order valence-corrected chi connectivity index (χ1v) is 13.4. The van der Waals surface area contributed by atoms with Crippen LogP contribution in [0.1, 0.15) is 50.3 Å². The summed E-state index contributed by atoms with van der Waals surface area (Å²) in [7, 11) is -4.39. The molecule has 0 aromatic heterocycles. The SMILES string of the molecule is CCCCc1cccc(S(=O)(=O)N[C@@](Cc2ccccc2)(OC(N)=O)C(C)(C)c2ccccc2)c1O. The molecular formula is C28H34N2O5S. The first-order valence-electron chi connectivity index (χ1n) is 11.9. The van der Waals surface area contributed by atoms with E-state index in [4.69, 9.17) is 10.5 Å². The molecule has 1 atom stereocenters. The van der Waals surface area contributed by atoms with E-state index in [1.165, 1.54) is 6.07 Å². The highest BCUT2D eigenvalue weighted by molar-refractivity contribution is 7.89. The summed E-state index contributed by atoms with van der Waals surface area (Å²) in [5.41, 5.74) is 4.61. The van der Waals surface area contributed by atoms with Gasteiger partial charge in [0.05, 0.1) is 0 Å². The lowest BCUT2D eigenvalue weighted by Crippen LogP contribution is -2.64. The Bertz CT molecular complexity index is 1280. The van der Waals surface area contributed by atoms with Crippen LogP contribution in [0.4, 0.5) is 4.79 Å². The van der Waals surface area contributed by atoms with E-state index in [0.29, 0.717) is 12.0 Å². The number of benzene rings is 3. The Morgan fingerprint density at radius 3 is 2.17 bits per heavy atom. The number of nitrogens with two attached hydrogens (primary N) is 1. The number of carbonyl (C=O) groups is 1. The summed E-state index contributed by atoms with van der Waals surface area (Å²) >= 11 is 0. The third-order valence-corrected chi connectivity index (χ3v) is 8.05.